The van der Waals surface area contributed by atoms with Gasteiger partial charge in [0.2, 0.25) is 0 Å². The molecule has 2 nitrogen and oxygen atoms in total. The van der Waals surface area contributed by atoms with Crippen molar-refractivity contribution in [3.63, 3.8) is 0 Å². The van der Waals surface area contributed by atoms with Crippen LogP contribution in [0, 0.1) is 11.3 Å². The molecule has 2 heteroatoms. The van der Waals surface area contributed by atoms with Crippen LogP contribution in [0.3, 0.4) is 0 Å². The molecule has 11 heavy (non-hydrogen) atoms. The summed E-state index contributed by atoms with van der Waals surface area (Å²) in [7, 11) is 0. The molecule has 0 aromatic rings. The zero-order valence-corrected chi connectivity index (χ0v) is 6.67. The molecular formula is C9H12O2. The molecule has 2 unspecified atom stereocenters. The molecule has 60 valence electrons. The molecule has 0 radical (unpaired) electrons. The van der Waals surface area contributed by atoms with Crippen molar-refractivity contribution in [2.45, 2.75) is 19.8 Å². The molecule has 2 aliphatic rings. The van der Waals surface area contributed by atoms with Crippen LogP contribution >= 0.6 is 0 Å². The summed E-state index contributed by atoms with van der Waals surface area (Å²) >= 11 is 0. The van der Waals surface area contributed by atoms with E-state index in [0.29, 0.717) is 12.5 Å². The Bertz CT molecular complexity index is 220. The number of allylic oxidation sites excluding steroid dienone is 1. The van der Waals surface area contributed by atoms with Gasteiger partial charge in [-0.15, -0.1) is 0 Å². The third kappa shape index (κ3) is 0.753. The second-order valence-electron chi connectivity index (χ2n) is 3.48. The van der Waals surface area contributed by atoms with E-state index in [1.165, 1.54) is 0 Å². The second-order valence-corrected chi connectivity index (χ2v) is 3.48. The van der Waals surface area contributed by atoms with Crippen molar-refractivity contribution < 1.29 is 9.53 Å². The Kier molecular flexibility index (Phi) is 1.31. The van der Waals surface area contributed by atoms with Gasteiger partial charge in [0, 0.05) is 5.92 Å². The minimum Gasteiger partial charge on any atom is -0.465 e. The Hall–Kier alpha value is -0.790. The number of carbonyl (C=O) groups is 1. The number of hydrogen-bond acceptors (Lipinski definition) is 2. The molecule has 1 spiro atoms. The van der Waals surface area contributed by atoms with Crippen LogP contribution in [-0.2, 0) is 9.53 Å². The SMILES string of the molecule is CC1COC(=O)C12C=CCC2. The monoisotopic (exact) mass is 152 g/mol. The maximum Gasteiger partial charge on any atom is 0.316 e. The molecule has 2 rings (SSSR count). The van der Waals surface area contributed by atoms with E-state index in [-0.39, 0.29) is 11.4 Å². The number of hydrogen-bond donors (Lipinski definition) is 0. The number of rotatable bonds is 0. The smallest absolute Gasteiger partial charge is 0.316 e. The molecule has 0 N–H and O–H groups in total. The molecule has 0 aromatic heterocycles. The van der Waals surface area contributed by atoms with Crippen molar-refractivity contribution in [2.24, 2.45) is 11.3 Å². The molecule has 0 aromatic carbocycles. The zero-order chi connectivity index (χ0) is 7.90. The van der Waals surface area contributed by atoms with Gasteiger partial charge >= 0.3 is 5.97 Å². The van der Waals surface area contributed by atoms with Crippen molar-refractivity contribution in [3.8, 4) is 0 Å². The highest BCUT2D eigenvalue weighted by atomic mass is 16.5. The first-order chi connectivity index (χ1) is 5.26. The number of cyclic esters (lactones) is 1. The summed E-state index contributed by atoms with van der Waals surface area (Å²) in [5.74, 6) is 0.354. The third-order valence-electron chi connectivity index (χ3n) is 2.86. The van der Waals surface area contributed by atoms with Gasteiger partial charge in [0.1, 0.15) is 0 Å². The van der Waals surface area contributed by atoms with Crippen molar-refractivity contribution in [2.75, 3.05) is 6.61 Å². The van der Waals surface area contributed by atoms with E-state index in [9.17, 15) is 4.79 Å². The van der Waals surface area contributed by atoms with Gasteiger partial charge in [-0.1, -0.05) is 19.1 Å². The molecule has 1 heterocycles. The fourth-order valence-electron chi connectivity index (χ4n) is 1.96. The highest BCUT2D eigenvalue weighted by Gasteiger charge is 2.49. The van der Waals surface area contributed by atoms with Crippen LogP contribution in [-0.4, -0.2) is 12.6 Å². The predicted molar refractivity (Wildman–Crippen MR) is 40.9 cm³/mol. The normalized spacial score (nSPS) is 41.9. The van der Waals surface area contributed by atoms with Crippen molar-refractivity contribution in [1.82, 2.24) is 0 Å². The first kappa shape index (κ1) is 6.89. The summed E-state index contributed by atoms with van der Waals surface area (Å²) in [6.07, 6.45) is 6.10. The van der Waals surface area contributed by atoms with E-state index >= 15 is 0 Å². The lowest BCUT2D eigenvalue weighted by Crippen LogP contribution is -2.27. The van der Waals surface area contributed by atoms with Crippen LogP contribution in [0.4, 0.5) is 0 Å². The van der Waals surface area contributed by atoms with Gasteiger partial charge in [-0.05, 0) is 12.8 Å². The van der Waals surface area contributed by atoms with E-state index in [4.69, 9.17) is 4.74 Å². The molecule has 1 aliphatic carbocycles. The van der Waals surface area contributed by atoms with Crippen LogP contribution in [0.15, 0.2) is 12.2 Å². The first-order valence-electron chi connectivity index (χ1n) is 4.11. The third-order valence-corrected chi connectivity index (χ3v) is 2.86. The number of esters is 1. The Morgan fingerprint density at radius 3 is 3.00 bits per heavy atom. The van der Waals surface area contributed by atoms with Crippen molar-refractivity contribution in [3.05, 3.63) is 12.2 Å². The summed E-state index contributed by atoms with van der Waals surface area (Å²) in [5, 5.41) is 0. The number of carbonyl (C=O) groups excluding carboxylic acids is 1. The van der Waals surface area contributed by atoms with E-state index < -0.39 is 0 Å². The Balaban J connectivity index is 2.34. The highest BCUT2D eigenvalue weighted by Crippen LogP contribution is 2.44. The molecule has 1 aliphatic heterocycles. The molecule has 2 atom stereocenters. The first-order valence-corrected chi connectivity index (χ1v) is 4.11. The van der Waals surface area contributed by atoms with Crippen LogP contribution in [0.2, 0.25) is 0 Å². The minimum absolute atomic E-state index is 0.0150. The lowest BCUT2D eigenvalue weighted by molar-refractivity contribution is -0.144. The van der Waals surface area contributed by atoms with Gasteiger partial charge in [0.15, 0.2) is 0 Å². The van der Waals surface area contributed by atoms with Gasteiger partial charge < -0.3 is 4.74 Å². The van der Waals surface area contributed by atoms with Crippen molar-refractivity contribution in [1.29, 1.82) is 0 Å². The summed E-state index contributed by atoms with van der Waals surface area (Å²) < 4.78 is 5.01. The van der Waals surface area contributed by atoms with Gasteiger partial charge in [-0.3, -0.25) is 4.79 Å². The predicted octanol–water partition coefficient (Wildman–Crippen LogP) is 1.52. The lowest BCUT2D eigenvalue weighted by Gasteiger charge is -2.19. The molecule has 1 fully saturated rings. The number of ether oxygens (including phenoxy) is 1. The van der Waals surface area contributed by atoms with Crippen molar-refractivity contribution >= 4 is 5.97 Å². The fourth-order valence-corrected chi connectivity index (χ4v) is 1.96. The molecule has 0 saturated carbocycles. The van der Waals surface area contributed by atoms with E-state index in [1.807, 2.05) is 6.08 Å². The quantitative estimate of drug-likeness (QED) is 0.388. The van der Waals surface area contributed by atoms with E-state index in [0.717, 1.165) is 12.8 Å². The largest absolute Gasteiger partial charge is 0.465 e. The van der Waals surface area contributed by atoms with E-state index in [1.54, 1.807) is 0 Å². The summed E-state index contributed by atoms with van der Waals surface area (Å²) in [5.41, 5.74) is -0.236. The van der Waals surface area contributed by atoms with Gasteiger partial charge in [0.05, 0.1) is 12.0 Å². The summed E-state index contributed by atoms with van der Waals surface area (Å²) in [4.78, 5) is 11.3. The average molecular weight is 152 g/mol. The van der Waals surface area contributed by atoms with Crippen LogP contribution in [0.1, 0.15) is 19.8 Å². The molecule has 0 amide bonds. The van der Waals surface area contributed by atoms with Crippen LogP contribution in [0.25, 0.3) is 0 Å². The summed E-state index contributed by atoms with van der Waals surface area (Å²) in [6.45, 7) is 2.68. The van der Waals surface area contributed by atoms with E-state index in [2.05, 4.69) is 13.0 Å². The molecule has 1 saturated heterocycles. The average Bonchev–Trinajstić information content (AvgIpc) is 2.56. The molecular weight excluding hydrogens is 140 g/mol. The maximum atomic E-state index is 11.3. The Morgan fingerprint density at radius 1 is 1.73 bits per heavy atom. The lowest BCUT2D eigenvalue weighted by atomic mass is 9.78. The van der Waals surface area contributed by atoms with Gasteiger partial charge in [-0.2, -0.15) is 0 Å². The molecule has 0 bridgehead atoms. The standard InChI is InChI=1S/C9H12O2/c1-7-6-11-8(10)9(7)4-2-3-5-9/h2,4,7H,3,5-6H2,1H3. The van der Waals surface area contributed by atoms with Gasteiger partial charge in [-0.25, -0.2) is 0 Å². The zero-order valence-electron chi connectivity index (χ0n) is 6.67. The highest BCUT2D eigenvalue weighted by molar-refractivity contribution is 5.82. The van der Waals surface area contributed by atoms with Crippen LogP contribution in [0.5, 0.6) is 0 Å². The van der Waals surface area contributed by atoms with Gasteiger partial charge in [0.25, 0.3) is 0 Å². The Labute approximate surface area is 66.2 Å². The summed E-state index contributed by atoms with van der Waals surface area (Å²) in [6, 6.07) is 0. The maximum absolute atomic E-state index is 11.3. The van der Waals surface area contributed by atoms with Crippen LogP contribution < -0.4 is 0 Å². The minimum atomic E-state index is -0.236. The Morgan fingerprint density at radius 2 is 2.55 bits per heavy atom. The topological polar surface area (TPSA) is 26.3 Å². The fraction of sp³-hybridized carbons (Fsp3) is 0.667. The second kappa shape index (κ2) is 2.10.